The van der Waals surface area contributed by atoms with Gasteiger partial charge in [-0.1, -0.05) is 18.2 Å². The van der Waals surface area contributed by atoms with Gasteiger partial charge in [0.25, 0.3) is 0 Å². The Bertz CT molecular complexity index is 1230. The molecule has 176 valence electrons. The van der Waals surface area contributed by atoms with Crippen LogP contribution in [0.15, 0.2) is 64.8 Å². The number of nitrogens with zero attached hydrogens (tertiary/aromatic N) is 5. The van der Waals surface area contributed by atoms with E-state index in [-0.39, 0.29) is 0 Å². The van der Waals surface area contributed by atoms with E-state index in [1.807, 2.05) is 29.3 Å². The summed E-state index contributed by atoms with van der Waals surface area (Å²) in [7, 11) is 0. The molecule has 4 aliphatic rings. The van der Waals surface area contributed by atoms with Crippen LogP contribution in [-0.4, -0.2) is 69.8 Å². The Hall–Kier alpha value is -3.55. The molecule has 1 atom stereocenters. The topological polar surface area (TPSA) is 76.1 Å². The van der Waals surface area contributed by atoms with Gasteiger partial charge in [-0.15, -0.1) is 0 Å². The fourth-order valence-electron chi connectivity index (χ4n) is 5.27. The van der Waals surface area contributed by atoms with Gasteiger partial charge in [-0.2, -0.15) is 4.99 Å². The Morgan fingerprint density at radius 2 is 2.12 bits per heavy atom. The van der Waals surface area contributed by atoms with Gasteiger partial charge in [-0.25, -0.2) is 0 Å². The molecule has 4 aliphatic heterocycles. The second kappa shape index (κ2) is 8.34. The molecule has 0 aliphatic carbocycles. The van der Waals surface area contributed by atoms with Crippen LogP contribution in [0.2, 0.25) is 0 Å². The molecule has 2 fully saturated rings. The van der Waals surface area contributed by atoms with E-state index >= 15 is 0 Å². The summed E-state index contributed by atoms with van der Waals surface area (Å²) in [4.78, 5) is 28.5. The van der Waals surface area contributed by atoms with E-state index in [1.165, 1.54) is 5.57 Å². The fourth-order valence-corrected chi connectivity index (χ4v) is 5.27. The van der Waals surface area contributed by atoms with Crippen molar-refractivity contribution in [3.8, 4) is 0 Å². The van der Waals surface area contributed by atoms with Crippen molar-refractivity contribution in [3.63, 3.8) is 0 Å². The molecule has 0 spiro atoms. The minimum Gasteiger partial charge on any atom is -0.369 e. The van der Waals surface area contributed by atoms with E-state index in [2.05, 4.69) is 57.6 Å². The van der Waals surface area contributed by atoms with E-state index in [0.717, 1.165) is 66.5 Å². The Morgan fingerprint density at radius 3 is 3.00 bits per heavy atom. The van der Waals surface area contributed by atoms with Gasteiger partial charge in [0.15, 0.2) is 0 Å². The Balaban J connectivity index is 1.26. The van der Waals surface area contributed by atoms with Crippen molar-refractivity contribution in [1.82, 2.24) is 30.3 Å². The maximum Gasteiger partial charge on any atom is 0.223 e. The first-order valence-corrected chi connectivity index (χ1v) is 12.2. The van der Waals surface area contributed by atoms with Crippen LogP contribution in [0.1, 0.15) is 32.3 Å². The molecule has 1 aromatic heterocycles. The lowest BCUT2D eigenvalue weighted by atomic mass is 10.1. The third-order valence-electron chi connectivity index (χ3n) is 7.28. The number of nitrogens with one attached hydrogen (secondary N) is 2. The maximum atomic E-state index is 12.1. The van der Waals surface area contributed by atoms with Crippen molar-refractivity contribution < 1.29 is 4.79 Å². The normalized spacial score (nSPS) is 22.1. The summed E-state index contributed by atoms with van der Waals surface area (Å²) in [5, 5.41) is 8.35. The first kappa shape index (κ1) is 21.0. The van der Waals surface area contributed by atoms with Crippen molar-refractivity contribution in [2.45, 2.75) is 45.3 Å². The zero-order valence-corrected chi connectivity index (χ0v) is 19.8. The minimum atomic E-state index is 0.293. The molecule has 0 radical (unpaired) electrons. The van der Waals surface area contributed by atoms with Gasteiger partial charge in [0.1, 0.15) is 5.82 Å². The number of hydrogen-bond donors (Lipinski definition) is 2. The Kier molecular flexibility index (Phi) is 5.16. The van der Waals surface area contributed by atoms with Crippen molar-refractivity contribution >= 4 is 22.8 Å². The number of pyridine rings is 1. The fraction of sp³-hybridized carbons (Fsp3) is 0.423. The van der Waals surface area contributed by atoms with Gasteiger partial charge in [0.05, 0.1) is 11.2 Å². The van der Waals surface area contributed by atoms with Crippen LogP contribution in [0, 0.1) is 0 Å². The van der Waals surface area contributed by atoms with Crippen molar-refractivity contribution in [1.29, 1.82) is 0 Å². The second-order valence-corrected chi connectivity index (χ2v) is 9.81. The van der Waals surface area contributed by atoms with E-state index in [0.29, 0.717) is 31.0 Å². The molecule has 1 unspecified atom stereocenters. The molecule has 6 rings (SSSR count). The number of carbonyl (C=O) groups is 1. The zero-order chi connectivity index (χ0) is 23.2. The number of aliphatic imine (C=N–C) groups is 1. The SMILES string of the molecule is CC(C)N1C=C2NC(N3CCN4C(=O)CCC4C3)=NC(NCc3cnc4ccccc4c3)=C2C1. The van der Waals surface area contributed by atoms with Crippen LogP contribution < -0.4 is 10.6 Å². The molecule has 0 bridgehead atoms. The number of hydrogen-bond acceptors (Lipinski definition) is 7. The zero-order valence-electron chi connectivity index (χ0n) is 19.8. The first-order valence-electron chi connectivity index (χ1n) is 12.2. The smallest absolute Gasteiger partial charge is 0.223 e. The third-order valence-corrected chi connectivity index (χ3v) is 7.28. The number of benzene rings is 1. The summed E-state index contributed by atoms with van der Waals surface area (Å²) in [6.07, 6.45) is 5.76. The van der Waals surface area contributed by atoms with Crippen LogP contribution in [0.4, 0.5) is 0 Å². The molecule has 2 N–H and O–H groups in total. The highest BCUT2D eigenvalue weighted by atomic mass is 16.2. The largest absolute Gasteiger partial charge is 0.369 e. The monoisotopic (exact) mass is 457 g/mol. The molecule has 2 saturated heterocycles. The average molecular weight is 458 g/mol. The highest BCUT2D eigenvalue weighted by Gasteiger charge is 2.38. The van der Waals surface area contributed by atoms with E-state index < -0.39 is 0 Å². The van der Waals surface area contributed by atoms with Gasteiger partial charge in [-0.3, -0.25) is 9.78 Å². The number of aromatic nitrogens is 1. The van der Waals surface area contributed by atoms with Crippen molar-refractivity contribution in [3.05, 3.63) is 65.4 Å². The Morgan fingerprint density at radius 1 is 1.24 bits per heavy atom. The summed E-state index contributed by atoms with van der Waals surface area (Å²) in [6, 6.07) is 11.1. The third kappa shape index (κ3) is 3.77. The van der Waals surface area contributed by atoms with Crippen LogP contribution in [0.5, 0.6) is 0 Å². The lowest BCUT2D eigenvalue weighted by Crippen LogP contribution is -2.56. The van der Waals surface area contributed by atoms with Crippen LogP contribution in [0.25, 0.3) is 10.9 Å². The lowest BCUT2D eigenvalue weighted by Gasteiger charge is -2.40. The number of fused-ring (bicyclic) bond motifs is 3. The summed E-state index contributed by atoms with van der Waals surface area (Å²) < 4.78 is 0. The number of para-hydroxylation sites is 1. The number of guanidine groups is 1. The standard InChI is InChI=1S/C26H31N7O/c1-17(2)32-15-21-23(16-32)29-26(31-9-10-33-20(14-31)7-8-24(33)34)30-25(21)28-13-18-11-19-5-3-4-6-22(19)27-12-18/h3-6,11-12,16-17,20,28H,7-10,13-15H2,1-2H3,(H,29,30). The number of piperazine rings is 1. The first-order chi connectivity index (χ1) is 16.5. The average Bonchev–Trinajstić information content (AvgIpc) is 3.46. The van der Waals surface area contributed by atoms with Crippen LogP contribution in [-0.2, 0) is 11.3 Å². The molecular formula is C26H31N7O. The second-order valence-electron chi connectivity index (χ2n) is 9.81. The molecule has 34 heavy (non-hydrogen) atoms. The molecule has 8 nitrogen and oxygen atoms in total. The van der Waals surface area contributed by atoms with E-state index in [9.17, 15) is 4.79 Å². The number of carbonyl (C=O) groups excluding carboxylic acids is 1. The number of rotatable bonds is 4. The summed E-state index contributed by atoms with van der Waals surface area (Å²) in [5.74, 6) is 2.09. The highest BCUT2D eigenvalue weighted by molar-refractivity contribution is 5.86. The van der Waals surface area contributed by atoms with Gasteiger partial charge in [-0.05, 0) is 38.0 Å². The van der Waals surface area contributed by atoms with Gasteiger partial charge in [0.2, 0.25) is 11.9 Å². The summed E-state index contributed by atoms with van der Waals surface area (Å²) in [6.45, 7) is 8.31. The molecular weight excluding hydrogens is 426 g/mol. The Labute approximate surface area is 200 Å². The molecule has 8 heteroatoms. The lowest BCUT2D eigenvalue weighted by molar-refractivity contribution is -0.130. The van der Waals surface area contributed by atoms with Gasteiger partial charge >= 0.3 is 0 Å². The molecule has 2 aromatic rings. The van der Waals surface area contributed by atoms with Crippen molar-refractivity contribution in [2.75, 3.05) is 26.2 Å². The maximum absolute atomic E-state index is 12.1. The van der Waals surface area contributed by atoms with Gasteiger partial charge < -0.3 is 25.3 Å². The quantitative estimate of drug-likeness (QED) is 0.734. The molecule has 1 amide bonds. The summed E-state index contributed by atoms with van der Waals surface area (Å²) in [5.41, 5.74) is 4.45. The predicted octanol–water partition coefficient (Wildman–Crippen LogP) is 2.37. The molecule has 5 heterocycles. The highest BCUT2D eigenvalue weighted by Crippen LogP contribution is 2.29. The molecule has 0 saturated carbocycles. The minimum absolute atomic E-state index is 0.293. The van der Waals surface area contributed by atoms with Gasteiger partial charge in [0, 0.05) is 74.6 Å². The van der Waals surface area contributed by atoms with E-state index in [4.69, 9.17) is 4.99 Å². The van der Waals surface area contributed by atoms with E-state index in [1.54, 1.807) is 0 Å². The van der Waals surface area contributed by atoms with Crippen LogP contribution in [0.3, 0.4) is 0 Å². The molecule has 1 aromatic carbocycles. The van der Waals surface area contributed by atoms with Crippen molar-refractivity contribution in [2.24, 2.45) is 4.99 Å². The number of amides is 1. The van der Waals surface area contributed by atoms with Crippen LogP contribution >= 0.6 is 0 Å². The predicted molar refractivity (Wildman–Crippen MR) is 132 cm³/mol. The summed E-state index contributed by atoms with van der Waals surface area (Å²) >= 11 is 0.